The van der Waals surface area contributed by atoms with Crippen LogP contribution in [0, 0.1) is 0 Å². The second-order valence-electron chi connectivity index (χ2n) is 5.64. The second kappa shape index (κ2) is 7.51. The van der Waals surface area contributed by atoms with E-state index in [9.17, 15) is 0 Å². The van der Waals surface area contributed by atoms with Gasteiger partial charge < -0.3 is 0 Å². The maximum Gasteiger partial charge on any atom is 0.0634 e. The molecule has 3 rings (SSSR count). The standard InChI is InChI=1S/C22H20N2/c1-17(19-9-5-3-6-10-19)23-21-13-15-22(16-14-21)24-18(2)20-11-7-4-8-12-20/h3-16H,1-2H3. The molecule has 0 spiro atoms. The summed E-state index contributed by atoms with van der Waals surface area (Å²) in [7, 11) is 0. The Morgan fingerprint density at radius 3 is 1.17 bits per heavy atom. The van der Waals surface area contributed by atoms with Gasteiger partial charge in [-0.15, -0.1) is 0 Å². The highest BCUT2D eigenvalue weighted by Gasteiger charge is 1.99. The fourth-order valence-corrected chi connectivity index (χ4v) is 2.48. The van der Waals surface area contributed by atoms with E-state index >= 15 is 0 Å². The number of benzene rings is 3. The molecule has 0 radical (unpaired) electrons. The molecule has 3 aromatic rings. The Morgan fingerprint density at radius 2 is 0.833 bits per heavy atom. The Labute approximate surface area is 143 Å². The van der Waals surface area contributed by atoms with Crippen LogP contribution in [-0.2, 0) is 0 Å². The zero-order chi connectivity index (χ0) is 16.8. The zero-order valence-electron chi connectivity index (χ0n) is 14.0. The SMILES string of the molecule is CC(=Nc1ccc(N=C(C)c2ccccc2)cc1)c1ccccc1. The normalized spacial score (nSPS) is 12.2. The van der Waals surface area contributed by atoms with Crippen LogP contribution >= 0.6 is 0 Å². The fraction of sp³-hybridized carbons (Fsp3) is 0.0909. The minimum Gasteiger partial charge on any atom is -0.253 e. The molecule has 0 N–H and O–H groups in total. The van der Waals surface area contributed by atoms with Crippen LogP contribution in [0.25, 0.3) is 0 Å². The van der Waals surface area contributed by atoms with Crippen molar-refractivity contribution in [2.75, 3.05) is 0 Å². The summed E-state index contributed by atoms with van der Waals surface area (Å²) >= 11 is 0. The third-order valence-electron chi connectivity index (χ3n) is 3.83. The Hall–Kier alpha value is -3.00. The lowest BCUT2D eigenvalue weighted by Crippen LogP contribution is -1.93. The van der Waals surface area contributed by atoms with E-state index in [1.165, 1.54) is 0 Å². The van der Waals surface area contributed by atoms with Crippen molar-refractivity contribution in [2.24, 2.45) is 9.98 Å². The smallest absolute Gasteiger partial charge is 0.0634 e. The first-order chi connectivity index (χ1) is 11.7. The number of hydrogen-bond donors (Lipinski definition) is 0. The van der Waals surface area contributed by atoms with Crippen molar-refractivity contribution >= 4 is 22.8 Å². The van der Waals surface area contributed by atoms with Gasteiger partial charge in [-0.2, -0.15) is 0 Å². The molecule has 0 bridgehead atoms. The molecule has 0 unspecified atom stereocenters. The van der Waals surface area contributed by atoms with Crippen LogP contribution < -0.4 is 0 Å². The Morgan fingerprint density at radius 1 is 0.500 bits per heavy atom. The van der Waals surface area contributed by atoms with E-state index in [1.807, 2.05) is 74.5 Å². The van der Waals surface area contributed by atoms with E-state index in [1.54, 1.807) is 0 Å². The highest BCUT2D eigenvalue weighted by Crippen LogP contribution is 2.20. The number of aliphatic imine (C=N–C) groups is 2. The third kappa shape index (κ3) is 4.05. The molecule has 3 aromatic carbocycles. The second-order valence-corrected chi connectivity index (χ2v) is 5.64. The van der Waals surface area contributed by atoms with Crippen LogP contribution in [0.4, 0.5) is 11.4 Å². The van der Waals surface area contributed by atoms with E-state index < -0.39 is 0 Å². The number of rotatable bonds is 4. The summed E-state index contributed by atoms with van der Waals surface area (Å²) in [5.74, 6) is 0. The molecule has 118 valence electrons. The average Bonchev–Trinajstić information content (AvgIpc) is 2.65. The lowest BCUT2D eigenvalue weighted by molar-refractivity contribution is 1.44. The molecule has 0 aliphatic carbocycles. The van der Waals surface area contributed by atoms with Crippen LogP contribution in [0.3, 0.4) is 0 Å². The van der Waals surface area contributed by atoms with Gasteiger partial charge in [-0.05, 0) is 49.2 Å². The number of hydrogen-bond acceptors (Lipinski definition) is 2. The van der Waals surface area contributed by atoms with Crippen LogP contribution in [0.15, 0.2) is 94.9 Å². The van der Waals surface area contributed by atoms with Crippen molar-refractivity contribution in [1.82, 2.24) is 0 Å². The summed E-state index contributed by atoms with van der Waals surface area (Å²) in [6.07, 6.45) is 0. The van der Waals surface area contributed by atoms with Crippen LogP contribution in [0.2, 0.25) is 0 Å². The van der Waals surface area contributed by atoms with Crippen molar-refractivity contribution < 1.29 is 0 Å². The molecule has 2 nitrogen and oxygen atoms in total. The highest BCUT2D eigenvalue weighted by molar-refractivity contribution is 6.01. The molecular formula is C22H20N2. The molecule has 0 heterocycles. The quantitative estimate of drug-likeness (QED) is 0.530. The van der Waals surface area contributed by atoms with E-state index in [0.717, 1.165) is 33.9 Å². The summed E-state index contributed by atoms with van der Waals surface area (Å²) in [5, 5.41) is 0. The van der Waals surface area contributed by atoms with E-state index in [-0.39, 0.29) is 0 Å². The van der Waals surface area contributed by atoms with Crippen molar-refractivity contribution in [3.05, 3.63) is 96.1 Å². The topological polar surface area (TPSA) is 24.7 Å². The maximum absolute atomic E-state index is 4.68. The summed E-state index contributed by atoms with van der Waals surface area (Å²) in [5.41, 5.74) is 6.17. The minimum atomic E-state index is 0.938. The van der Waals surface area contributed by atoms with Crippen LogP contribution in [-0.4, -0.2) is 11.4 Å². The summed E-state index contributed by atoms with van der Waals surface area (Å²) in [6, 6.07) is 28.4. The predicted octanol–water partition coefficient (Wildman–Crippen LogP) is 5.97. The Balaban J connectivity index is 1.79. The highest BCUT2D eigenvalue weighted by atomic mass is 14.8. The predicted molar refractivity (Wildman–Crippen MR) is 103 cm³/mol. The Bertz CT molecular complexity index is 771. The molecular weight excluding hydrogens is 292 g/mol. The van der Waals surface area contributed by atoms with Gasteiger partial charge in [0.25, 0.3) is 0 Å². The van der Waals surface area contributed by atoms with Crippen molar-refractivity contribution in [3.63, 3.8) is 0 Å². The summed E-state index contributed by atoms with van der Waals surface area (Å²) < 4.78 is 0. The zero-order valence-corrected chi connectivity index (χ0v) is 14.0. The van der Waals surface area contributed by atoms with Crippen LogP contribution in [0.1, 0.15) is 25.0 Å². The van der Waals surface area contributed by atoms with Gasteiger partial charge in [-0.25, -0.2) is 0 Å². The molecule has 0 aromatic heterocycles. The maximum atomic E-state index is 4.68. The van der Waals surface area contributed by atoms with E-state index in [0.29, 0.717) is 0 Å². The molecule has 0 saturated carbocycles. The van der Waals surface area contributed by atoms with Gasteiger partial charge in [0.2, 0.25) is 0 Å². The largest absolute Gasteiger partial charge is 0.253 e. The summed E-state index contributed by atoms with van der Waals surface area (Å²) in [4.78, 5) is 9.35. The van der Waals surface area contributed by atoms with Gasteiger partial charge in [0.1, 0.15) is 0 Å². The molecule has 0 fully saturated rings. The fourth-order valence-electron chi connectivity index (χ4n) is 2.48. The first-order valence-electron chi connectivity index (χ1n) is 8.04. The van der Waals surface area contributed by atoms with Gasteiger partial charge in [0.15, 0.2) is 0 Å². The first kappa shape index (κ1) is 15.9. The first-order valence-corrected chi connectivity index (χ1v) is 8.04. The molecule has 24 heavy (non-hydrogen) atoms. The number of nitrogens with zero attached hydrogens (tertiary/aromatic N) is 2. The van der Waals surface area contributed by atoms with E-state index in [2.05, 4.69) is 34.3 Å². The molecule has 0 aliphatic rings. The average molecular weight is 312 g/mol. The van der Waals surface area contributed by atoms with Crippen molar-refractivity contribution in [1.29, 1.82) is 0 Å². The molecule has 0 saturated heterocycles. The summed E-state index contributed by atoms with van der Waals surface area (Å²) in [6.45, 7) is 4.06. The third-order valence-corrected chi connectivity index (χ3v) is 3.83. The van der Waals surface area contributed by atoms with Gasteiger partial charge >= 0.3 is 0 Å². The van der Waals surface area contributed by atoms with Gasteiger partial charge in [-0.1, -0.05) is 60.7 Å². The van der Waals surface area contributed by atoms with Gasteiger partial charge in [0, 0.05) is 11.4 Å². The molecule has 0 amide bonds. The molecule has 2 heteroatoms. The van der Waals surface area contributed by atoms with Crippen LogP contribution in [0.5, 0.6) is 0 Å². The lowest BCUT2D eigenvalue weighted by Gasteiger charge is -2.03. The van der Waals surface area contributed by atoms with Crippen molar-refractivity contribution in [3.8, 4) is 0 Å². The van der Waals surface area contributed by atoms with Gasteiger partial charge in [0.05, 0.1) is 11.4 Å². The lowest BCUT2D eigenvalue weighted by atomic mass is 10.1. The molecule has 0 atom stereocenters. The van der Waals surface area contributed by atoms with Gasteiger partial charge in [-0.3, -0.25) is 9.98 Å². The minimum absolute atomic E-state index is 0.938. The molecule has 0 aliphatic heterocycles. The monoisotopic (exact) mass is 312 g/mol. The van der Waals surface area contributed by atoms with Crippen molar-refractivity contribution in [2.45, 2.75) is 13.8 Å². The Kier molecular flexibility index (Phi) is 4.97. The van der Waals surface area contributed by atoms with E-state index in [4.69, 9.17) is 0 Å².